The molecule has 2 aromatic rings. The minimum absolute atomic E-state index is 0.729. The van der Waals surface area contributed by atoms with Gasteiger partial charge < -0.3 is 4.57 Å². The maximum atomic E-state index is 4.70. The summed E-state index contributed by atoms with van der Waals surface area (Å²) >= 11 is 3.45. The number of thiazole rings is 1. The van der Waals surface area contributed by atoms with Gasteiger partial charge in [0.05, 0.1) is 10.7 Å². The summed E-state index contributed by atoms with van der Waals surface area (Å²) in [7, 11) is 0. The van der Waals surface area contributed by atoms with Crippen LogP contribution in [0.2, 0.25) is 0 Å². The molecule has 114 valence electrons. The fourth-order valence-electron chi connectivity index (χ4n) is 1.89. The third-order valence-corrected chi connectivity index (χ3v) is 5.06. The van der Waals surface area contributed by atoms with Crippen LogP contribution in [-0.2, 0) is 18.7 Å². The molecule has 0 fully saturated rings. The Kier molecular flexibility index (Phi) is 5.99. The van der Waals surface area contributed by atoms with Gasteiger partial charge in [-0.3, -0.25) is 0 Å². The Morgan fingerprint density at radius 2 is 2.24 bits per heavy atom. The first-order chi connectivity index (χ1) is 10.1. The molecule has 0 saturated carbocycles. The van der Waals surface area contributed by atoms with Crippen molar-refractivity contribution in [1.82, 2.24) is 19.7 Å². The van der Waals surface area contributed by atoms with Crippen molar-refractivity contribution in [3.05, 3.63) is 34.6 Å². The normalized spacial score (nSPS) is 11.2. The number of aromatic nitrogens is 4. The average Bonchev–Trinajstić information content (AvgIpc) is 3.03. The molecule has 0 aliphatic rings. The van der Waals surface area contributed by atoms with Crippen LogP contribution in [0, 0.1) is 12.8 Å². The molecular formula is C15H22N4S2. The Morgan fingerprint density at radius 3 is 2.95 bits per heavy atom. The molecule has 2 aromatic heterocycles. The zero-order chi connectivity index (χ0) is 15.2. The number of hydrogen-bond donors (Lipinski definition) is 0. The van der Waals surface area contributed by atoms with Crippen LogP contribution in [0.1, 0.15) is 36.8 Å². The zero-order valence-electron chi connectivity index (χ0n) is 12.9. The van der Waals surface area contributed by atoms with E-state index in [1.54, 1.807) is 23.1 Å². The minimum Gasteiger partial charge on any atom is -0.302 e. The molecule has 0 atom stereocenters. The number of rotatable bonds is 8. The van der Waals surface area contributed by atoms with Gasteiger partial charge in [-0.15, -0.1) is 28.1 Å². The van der Waals surface area contributed by atoms with Gasteiger partial charge in [0.25, 0.3) is 0 Å². The molecule has 2 heterocycles. The average molecular weight is 323 g/mol. The lowest BCUT2D eigenvalue weighted by Gasteiger charge is -2.04. The molecule has 0 saturated heterocycles. The van der Waals surface area contributed by atoms with Crippen molar-refractivity contribution in [3.8, 4) is 0 Å². The van der Waals surface area contributed by atoms with Crippen molar-refractivity contribution in [2.75, 3.05) is 0 Å². The topological polar surface area (TPSA) is 43.6 Å². The molecule has 4 nitrogen and oxygen atoms in total. The van der Waals surface area contributed by atoms with E-state index in [2.05, 4.69) is 40.6 Å². The number of allylic oxidation sites excluding steroid dienone is 1. The zero-order valence-corrected chi connectivity index (χ0v) is 14.5. The van der Waals surface area contributed by atoms with Gasteiger partial charge in [0.1, 0.15) is 5.82 Å². The van der Waals surface area contributed by atoms with Crippen LogP contribution < -0.4 is 0 Å². The second-order valence-corrected chi connectivity index (χ2v) is 7.27. The predicted molar refractivity (Wildman–Crippen MR) is 89.8 cm³/mol. The monoisotopic (exact) mass is 322 g/mol. The smallest absolute Gasteiger partial charge is 0.191 e. The van der Waals surface area contributed by atoms with Gasteiger partial charge in [0.2, 0.25) is 0 Å². The molecule has 0 aliphatic carbocycles. The van der Waals surface area contributed by atoms with Gasteiger partial charge in [-0.25, -0.2) is 4.98 Å². The van der Waals surface area contributed by atoms with Crippen LogP contribution in [-0.4, -0.2) is 19.7 Å². The molecule has 0 radical (unpaired) electrons. The summed E-state index contributed by atoms with van der Waals surface area (Å²) in [6, 6.07) is 0. The third-order valence-electron chi connectivity index (χ3n) is 3.10. The summed E-state index contributed by atoms with van der Waals surface area (Å²) in [4.78, 5) is 4.70. The lowest BCUT2D eigenvalue weighted by Crippen LogP contribution is -2.00. The third kappa shape index (κ3) is 4.68. The second-order valence-electron chi connectivity index (χ2n) is 5.38. The molecular weight excluding hydrogens is 300 g/mol. The fraction of sp³-hybridized carbons (Fsp3) is 0.533. The van der Waals surface area contributed by atoms with Crippen molar-refractivity contribution < 1.29 is 0 Å². The van der Waals surface area contributed by atoms with Crippen LogP contribution in [0.5, 0.6) is 0 Å². The molecule has 6 heteroatoms. The fourth-order valence-corrected chi connectivity index (χ4v) is 3.69. The highest BCUT2D eigenvalue weighted by Gasteiger charge is 2.10. The summed E-state index contributed by atoms with van der Waals surface area (Å²) < 4.78 is 2.07. The van der Waals surface area contributed by atoms with Gasteiger partial charge in [0.15, 0.2) is 5.16 Å². The maximum Gasteiger partial charge on any atom is 0.191 e. The molecule has 0 unspecified atom stereocenters. The van der Waals surface area contributed by atoms with E-state index >= 15 is 0 Å². The highest BCUT2D eigenvalue weighted by atomic mass is 32.2. The quantitative estimate of drug-likeness (QED) is 0.542. The predicted octanol–water partition coefficient (Wildman–Crippen LogP) is 4.11. The van der Waals surface area contributed by atoms with E-state index in [0.29, 0.717) is 0 Å². The van der Waals surface area contributed by atoms with Gasteiger partial charge in [-0.05, 0) is 25.7 Å². The molecule has 0 spiro atoms. The van der Waals surface area contributed by atoms with Gasteiger partial charge in [-0.2, -0.15) is 0 Å². The number of aryl methyl sites for hydroxylation is 2. The van der Waals surface area contributed by atoms with Crippen molar-refractivity contribution in [2.24, 2.45) is 5.92 Å². The highest BCUT2D eigenvalue weighted by molar-refractivity contribution is 7.98. The summed E-state index contributed by atoms with van der Waals surface area (Å²) in [6.45, 7) is 11.0. The lowest BCUT2D eigenvalue weighted by molar-refractivity contribution is 0.585. The van der Waals surface area contributed by atoms with Crippen molar-refractivity contribution in [3.63, 3.8) is 0 Å². The van der Waals surface area contributed by atoms with E-state index in [4.69, 9.17) is 4.98 Å². The van der Waals surface area contributed by atoms with Crippen LogP contribution in [0.3, 0.4) is 0 Å². The lowest BCUT2D eigenvalue weighted by atomic mass is 10.1. The van der Waals surface area contributed by atoms with E-state index in [1.807, 2.05) is 13.0 Å². The Labute approximate surface area is 134 Å². The van der Waals surface area contributed by atoms with E-state index < -0.39 is 0 Å². The minimum atomic E-state index is 0.729. The van der Waals surface area contributed by atoms with Crippen LogP contribution >= 0.6 is 23.1 Å². The first-order valence-electron chi connectivity index (χ1n) is 7.17. The maximum absolute atomic E-state index is 4.70. The summed E-state index contributed by atoms with van der Waals surface area (Å²) in [5.41, 5.74) is 1.13. The van der Waals surface area contributed by atoms with Crippen molar-refractivity contribution in [1.29, 1.82) is 0 Å². The molecule has 2 rings (SSSR count). The summed E-state index contributed by atoms with van der Waals surface area (Å²) in [6.07, 6.45) is 4.15. The van der Waals surface area contributed by atoms with Gasteiger partial charge >= 0.3 is 0 Å². The van der Waals surface area contributed by atoms with Gasteiger partial charge in [0, 0.05) is 17.7 Å². The van der Waals surface area contributed by atoms with Crippen LogP contribution in [0.15, 0.2) is 23.2 Å². The molecule has 0 aromatic carbocycles. The first-order valence-corrected chi connectivity index (χ1v) is 9.03. The Balaban J connectivity index is 1.92. The van der Waals surface area contributed by atoms with Gasteiger partial charge in [-0.1, -0.05) is 31.7 Å². The Morgan fingerprint density at radius 1 is 1.43 bits per heavy atom. The molecule has 0 N–H and O–H groups in total. The number of hydrogen-bond acceptors (Lipinski definition) is 5. The molecule has 0 bridgehead atoms. The van der Waals surface area contributed by atoms with Crippen LogP contribution in [0.25, 0.3) is 0 Å². The van der Waals surface area contributed by atoms with E-state index in [-0.39, 0.29) is 0 Å². The van der Waals surface area contributed by atoms with E-state index in [0.717, 1.165) is 41.3 Å². The van der Waals surface area contributed by atoms with Crippen molar-refractivity contribution in [2.45, 2.75) is 51.1 Å². The second kappa shape index (κ2) is 7.75. The Hall–Kier alpha value is -1.14. The number of nitrogens with zero attached hydrogens (tertiary/aromatic N) is 4. The standard InChI is InChI=1S/C15H22N4S2/c1-5-8-19-12(4)17-18-15(19)21-10-13-9-20-14(16-13)7-6-11(2)3/h5,9,11H,1,6-8,10H2,2-4H3. The van der Waals surface area contributed by atoms with Crippen LogP contribution in [0.4, 0.5) is 0 Å². The van der Waals surface area contributed by atoms with E-state index in [1.165, 1.54) is 11.4 Å². The number of thioether (sulfide) groups is 1. The van der Waals surface area contributed by atoms with Crippen molar-refractivity contribution >= 4 is 23.1 Å². The highest BCUT2D eigenvalue weighted by Crippen LogP contribution is 2.23. The SMILES string of the molecule is C=CCn1c(C)nnc1SCc1csc(CCC(C)C)n1. The summed E-state index contributed by atoms with van der Waals surface area (Å²) in [5.74, 6) is 2.49. The molecule has 0 amide bonds. The molecule has 21 heavy (non-hydrogen) atoms. The Bertz CT molecular complexity index is 586. The first kappa shape index (κ1) is 16.2. The largest absolute Gasteiger partial charge is 0.302 e. The van der Waals surface area contributed by atoms with E-state index in [9.17, 15) is 0 Å². The molecule has 0 aliphatic heterocycles. The summed E-state index contributed by atoms with van der Waals surface area (Å²) in [5, 5.41) is 12.7.